The van der Waals surface area contributed by atoms with E-state index < -0.39 is 5.97 Å². The molecule has 0 aliphatic heterocycles. The minimum absolute atomic E-state index is 0.383. The van der Waals surface area contributed by atoms with Crippen molar-refractivity contribution >= 4 is 35.4 Å². The molecule has 0 saturated carbocycles. The van der Waals surface area contributed by atoms with Crippen molar-refractivity contribution in [3.8, 4) is 11.3 Å². The maximum absolute atomic E-state index is 11.9. The molecule has 27 heavy (non-hydrogen) atoms. The molecule has 0 amide bonds. The molecule has 0 aliphatic rings. The molecule has 0 aliphatic carbocycles. The van der Waals surface area contributed by atoms with Crippen LogP contribution >= 0.6 is 23.2 Å². The van der Waals surface area contributed by atoms with Crippen LogP contribution in [0.25, 0.3) is 11.3 Å². The molecule has 0 atom stereocenters. The van der Waals surface area contributed by atoms with Crippen LogP contribution in [0.4, 0.5) is 0 Å². The number of nitrogens with zero attached hydrogens (tertiary/aromatic N) is 1. The Balaban J connectivity index is 1.70. The quantitative estimate of drug-likeness (QED) is 0.351. The van der Waals surface area contributed by atoms with Gasteiger partial charge in [-0.25, -0.2) is 4.79 Å². The van der Waals surface area contributed by atoms with Crippen LogP contribution in [0.3, 0.4) is 0 Å². The standard InChI is InChI=1S/C20H16Cl2N2O3/c1-26-20(25)15-6-3-2-5-14(15)19-10-9-13(27-19)11-23-24-12-16-17(21)7-4-8-18(16)22/h2-11,24H,12H2,1H3/b23-11-. The third kappa shape index (κ3) is 4.51. The van der Waals surface area contributed by atoms with Crippen molar-refractivity contribution in [2.45, 2.75) is 6.54 Å². The van der Waals surface area contributed by atoms with Gasteiger partial charge in [-0.3, -0.25) is 0 Å². The van der Waals surface area contributed by atoms with Crippen molar-refractivity contribution in [1.82, 2.24) is 5.43 Å². The maximum atomic E-state index is 11.9. The number of ether oxygens (including phenoxy) is 1. The second-order valence-electron chi connectivity index (χ2n) is 5.53. The number of halogens is 2. The van der Waals surface area contributed by atoms with Gasteiger partial charge in [0.25, 0.3) is 0 Å². The number of esters is 1. The Morgan fingerprint density at radius 3 is 2.59 bits per heavy atom. The molecule has 0 radical (unpaired) electrons. The molecule has 0 spiro atoms. The third-order valence-electron chi connectivity index (χ3n) is 3.83. The molecule has 0 saturated heterocycles. The van der Waals surface area contributed by atoms with Gasteiger partial charge >= 0.3 is 5.97 Å². The van der Waals surface area contributed by atoms with Crippen molar-refractivity contribution in [3.63, 3.8) is 0 Å². The van der Waals surface area contributed by atoms with Crippen LogP contribution in [-0.4, -0.2) is 19.3 Å². The molecule has 0 fully saturated rings. The first-order valence-corrected chi connectivity index (χ1v) is 8.82. The highest BCUT2D eigenvalue weighted by atomic mass is 35.5. The van der Waals surface area contributed by atoms with Gasteiger partial charge in [0.15, 0.2) is 0 Å². The Morgan fingerprint density at radius 1 is 1.11 bits per heavy atom. The number of rotatable bonds is 6. The van der Waals surface area contributed by atoms with Gasteiger partial charge in [0.05, 0.1) is 25.4 Å². The van der Waals surface area contributed by atoms with Gasteiger partial charge in [-0.15, -0.1) is 0 Å². The molecule has 1 heterocycles. The fraction of sp³-hybridized carbons (Fsp3) is 0.100. The summed E-state index contributed by atoms with van der Waals surface area (Å²) in [6.07, 6.45) is 1.54. The summed E-state index contributed by atoms with van der Waals surface area (Å²) in [5, 5.41) is 5.27. The first-order chi connectivity index (χ1) is 13.1. The highest BCUT2D eigenvalue weighted by Crippen LogP contribution is 2.26. The highest BCUT2D eigenvalue weighted by Gasteiger charge is 2.15. The van der Waals surface area contributed by atoms with Gasteiger partial charge in [0, 0.05) is 21.2 Å². The number of nitrogens with one attached hydrogen (secondary N) is 1. The van der Waals surface area contributed by atoms with E-state index in [2.05, 4.69) is 10.5 Å². The van der Waals surface area contributed by atoms with Crippen molar-refractivity contribution < 1.29 is 13.9 Å². The van der Waals surface area contributed by atoms with E-state index in [1.165, 1.54) is 13.3 Å². The van der Waals surface area contributed by atoms with Crippen molar-refractivity contribution in [3.05, 3.63) is 81.5 Å². The highest BCUT2D eigenvalue weighted by molar-refractivity contribution is 6.35. The van der Waals surface area contributed by atoms with Crippen molar-refractivity contribution in [2.75, 3.05) is 7.11 Å². The Hall–Kier alpha value is -2.76. The molecule has 0 bridgehead atoms. The second-order valence-corrected chi connectivity index (χ2v) is 6.35. The van der Waals surface area contributed by atoms with Gasteiger partial charge in [-0.05, 0) is 30.3 Å². The van der Waals surface area contributed by atoms with E-state index in [1.54, 1.807) is 48.5 Å². The predicted octanol–water partition coefficient (Wildman–Crippen LogP) is 5.16. The third-order valence-corrected chi connectivity index (χ3v) is 4.53. The van der Waals surface area contributed by atoms with Crippen molar-refractivity contribution in [1.29, 1.82) is 0 Å². The Labute approximate surface area is 166 Å². The maximum Gasteiger partial charge on any atom is 0.338 e. The van der Waals surface area contributed by atoms with Crippen LogP contribution in [0.1, 0.15) is 21.7 Å². The second kappa shape index (κ2) is 8.75. The predicted molar refractivity (Wildman–Crippen MR) is 106 cm³/mol. The van der Waals surface area contributed by atoms with E-state index in [9.17, 15) is 4.79 Å². The summed E-state index contributed by atoms with van der Waals surface area (Å²) >= 11 is 12.2. The van der Waals surface area contributed by atoms with Crippen LogP contribution in [0.15, 0.2) is 64.1 Å². The number of carbonyl (C=O) groups is 1. The fourth-order valence-corrected chi connectivity index (χ4v) is 3.02. The van der Waals surface area contributed by atoms with Crippen LogP contribution in [-0.2, 0) is 11.3 Å². The van der Waals surface area contributed by atoms with Crippen molar-refractivity contribution in [2.24, 2.45) is 5.10 Å². The number of methoxy groups -OCH3 is 1. The molecule has 0 unspecified atom stereocenters. The topological polar surface area (TPSA) is 63.8 Å². The number of carbonyl (C=O) groups excluding carboxylic acids is 1. The number of hydrogen-bond donors (Lipinski definition) is 1. The Morgan fingerprint density at radius 2 is 1.85 bits per heavy atom. The molecule has 1 N–H and O–H groups in total. The average Bonchev–Trinajstić information content (AvgIpc) is 3.15. The van der Waals surface area contributed by atoms with E-state index in [0.29, 0.717) is 39.2 Å². The van der Waals surface area contributed by atoms with Crippen LogP contribution in [0.5, 0.6) is 0 Å². The van der Waals surface area contributed by atoms with E-state index in [4.69, 9.17) is 32.4 Å². The number of furan rings is 1. The monoisotopic (exact) mass is 402 g/mol. The summed E-state index contributed by atoms with van der Waals surface area (Å²) in [7, 11) is 1.34. The van der Waals surface area contributed by atoms with Gasteiger partial charge in [0.2, 0.25) is 0 Å². The summed E-state index contributed by atoms with van der Waals surface area (Å²) in [5.74, 6) is 0.657. The molecule has 138 valence electrons. The normalized spacial score (nSPS) is 10.9. The Kier molecular flexibility index (Phi) is 6.16. The molecule has 7 heteroatoms. The zero-order valence-electron chi connectivity index (χ0n) is 14.4. The molecule has 5 nitrogen and oxygen atoms in total. The summed E-state index contributed by atoms with van der Waals surface area (Å²) < 4.78 is 10.6. The SMILES string of the molecule is COC(=O)c1ccccc1-c1ccc(/C=N\NCc2c(Cl)cccc2Cl)o1. The average molecular weight is 403 g/mol. The fourth-order valence-electron chi connectivity index (χ4n) is 2.49. The largest absolute Gasteiger partial charge is 0.465 e. The van der Waals surface area contributed by atoms with Crippen LogP contribution < -0.4 is 5.43 Å². The molecule has 1 aromatic heterocycles. The van der Waals surface area contributed by atoms with Gasteiger partial charge < -0.3 is 14.6 Å². The number of hydrazone groups is 1. The van der Waals surface area contributed by atoms with E-state index in [1.807, 2.05) is 6.07 Å². The first kappa shape index (κ1) is 19.0. The zero-order valence-corrected chi connectivity index (χ0v) is 15.9. The lowest BCUT2D eigenvalue weighted by Crippen LogP contribution is -2.06. The van der Waals surface area contributed by atoms with Crippen LogP contribution in [0.2, 0.25) is 10.0 Å². The number of benzene rings is 2. The summed E-state index contributed by atoms with van der Waals surface area (Å²) in [5.41, 5.74) is 4.74. The molecule has 3 rings (SSSR count). The van der Waals surface area contributed by atoms with Gasteiger partial charge in [-0.2, -0.15) is 5.10 Å². The lowest BCUT2D eigenvalue weighted by molar-refractivity contribution is 0.0601. The summed E-state index contributed by atoms with van der Waals surface area (Å²) in [4.78, 5) is 11.9. The summed E-state index contributed by atoms with van der Waals surface area (Å²) in [6, 6.07) is 15.9. The molecule has 2 aromatic carbocycles. The number of hydrogen-bond acceptors (Lipinski definition) is 5. The zero-order chi connectivity index (χ0) is 19.2. The van der Waals surface area contributed by atoms with Gasteiger partial charge in [-0.1, -0.05) is 47.5 Å². The van der Waals surface area contributed by atoms with Crippen LogP contribution in [0, 0.1) is 0 Å². The van der Waals surface area contributed by atoms with E-state index in [-0.39, 0.29) is 0 Å². The van der Waals surface area contributed by atoms with E-state index in [0.717, 1.165) is 5.56 Å². The first-order valence-electron chi connectivity index (χ1n) is 8.06. The molecular weight excluding hydrogens is 387 g/mol. The molecule has 3 aromatic rings. The molecular formula is C20H16Cl2N2O3. The summed E-state index contributed by atoms with van der Waals surface area (Å²) in [6.45, 7) is 0.383. The minimum Gasteiger partial charge on any atom is -0.465 e. The smallest absolute Gasteiger partial charge is 0.338 e. The van der Waals surface area contributed by atoms with E-state index >= 15 is 0 Å². The lowest BCUT2D eigenvalue weighted by Gasteiger charge is -2.05. The minimum atomic E-state index is -0.421. The lowest BCUT2D eigenvalue weighted by atomic mass is 10.1. The van der Waals surface area contributed by atoms with Gasteiger partial charge in [0.1, 0.15) is 11.5 Å². The Bertz CT molecular complexity index is 963.